The number of halogens is 5. The highest BCUT2D eigenvalue weighted by molar-refractivity contribution is 6.55. The molecule has 1 unspecified atom stereocenters. The van der Waals surface area contributed by atoms with Gasteiger partial charge in [-0.3, -0.25) is 0 Å². The van der Waals surface area contributed by atoms with Crippen LogP contribution >= 0.6 is 58.0 Å². The van der Waals surface area contributed by atoms with E-state index < -0.39 is 12.1 Å². The van der Waals surface area contributed by atoms with Crippen molar-refractivity contribution in [2.75, 3.05) is 0 Å². The molecule has 1 aromatic carbocycles. The zero-order chi connectivity index (χ0) is 14.0. The molecule has 0 spiro atoms. The molecule has 0 fully saturated rings. The van der Waals surface area contributed by atoms with Crippen LogP contribution in [0.2, 0.25) is 25.1 Å². The van der Waals surface area contributed by atoms with Crippen LogP contribution in [0, 0.1) is 0 Å². The number of carbonyl (C=O) groups is 1. The number of aliphatic carboxylic acids is 1. The Bertz CT molecular complexity index is 460. The van der Waals surface area contributed by atoms with Gasteiger partial charge in [-0.15, -0.1) is 0 Å². The van der Waals surface area contributed by atoms with Crippen molar-refractivity contribution < 1.29 is 14.6 Å². The number of rotatable bonds is 4. The van der Waals surface area contributed by atoms with E-state index in [2.05, 4.69) is 0 Å². The van der Waals surface area contributed by atoms with E-state index in [-0.39, 0.29) is 37.3 Å². The zero-order valence-corrected chi connectivity index (χ0v) is 12.7. The van der Waals surface area contributed by atoms with Gasteiger partial charge in [0.1, 0.15) is 16.1 Å². The van der Waals surface area contributed by atoms with Crippen molar-refractivity contribution in [3.05, 3.63) is 25.1 Å². The van der Waals surface area contributed by atoms with E-state index in [1.54, 1.807) is 6.92 Å². The Labute approximate surface area is 128 Å². The molecule has 0 radical (unpaired) electrons. The predicted octanol–water partition coefficient (Wildman–Crippen LogP) is 3.86. The van der Waals surface area contributed by atoms with Crippen LogP contribution in [0.4, 0.5) is 0 Å². The molecule has 0 saturated heterocycles. The highest BCUT2D eigenvalue weighted by atomic mass is 35.5. The monoisotopic (exact) mass is 349 g/mol. The molecule has 0 aliphatic rings. The van der Waals surface area contributed by atoms with Crippen LogP contribution in [0.5, 0.6) is 5.75 Å². The van der Waals surface area contributed by atoms with Gasteiger partial charge in [-0.25, -0.2) is 0 Å². The fraction of sp³-hybridized carbons (Fsp3) is 0.300. The number of hydrogen-bond acceptors (Lipinski definition) is 3. The molecule has 0 aliphatic carbocycles. The van der Waals surface area contributed by atoms with Gasteiger partial charge in [-0.1, -0.05) is 64.9 Å². The van der Waals surface area contributed by atoms with Gasteiger partial charge in [-0.2, -0.15) is 0 Å². The lowest BCUT2D eigenvalue weighted by Crippen LogP contribution is -2.39. The van der Waals surface area contributed by atoms with Crippen LogP contribution in [0.25, 0.3) is 0 Å². The summed E-state index contributed by atoms with van der Waals surface area (Å²) in [5, 5.41) is 10.4. The lowest BCUT2D eigenvalue weighted by atomic mass is 10.2. The maximum Gasteiger partial charge on any atom is 0.160 e. The van der Waals surface area contributed by atoms with E-state index in [9.17, 15) is 9.90 Å². The first kappa shape index (κ1) is 16.0. The summed E-state index contributed by atoms with van der Waals surface area (Å²) in [4.78, 5) is 10.8. The molecule has 0 bridgehead atoms. The standard InChI is InChI=1S/C10H7Cl5O3/c1-2-3(10(16)17)18-9-7(14)5(12)4(11)6(13)8(9)15/h3H,2H2,1H3,(H,16,17)/p-1. The average molecular weight is 351 g/mol. The summed E-state index contributed by atoms with van der Waals surface area (Å²) in [6, 6.07) is 0. The maximum absolute atomic E-state index is 10.8. The second kappa shape index (κ2) is 6.40. The number of carbonyl (C=O) groups excluding carboxylic acids is 1. The largest absolute Gasteiger partial charge is 0.546 e. The van der Waals surface area contributed by atoms with Crippen molar-refractivity contribution in [2.24, 2.45) is 0 Å². The molecule has 1 atom stereocenters. The van der Waals surface area contributed by atoms with E-state index in [0.717, 1.165) is 0 Å². The van der Waals surface area contributed by atoms with Crippen LogP contribution in [0.1, 0.15) is 13.3 Å². The first-order valence-electron chi connectivity index (χ1n) is 4.70. The summed E-state index contributed by atoms with van der Waals surface area (Å²) < 4.78 is 5.15. The van der Waals surface area contributed by atoms with Crippen LogP contribution < -0.4 is 9.84 Å². The van der Waals surface area contributed by atoms with E-state index in [0.29, 0.717) is 0 Å². The summed E-state index contributed by atoms with van der Waals surface area (Å²) in [6.07, 6.45) is -1.05. The highest BCUT2D eigenvalue weighted by Crippen LogP contribution is 2.48. The first-order valence-corrected chi connectivity index (χ1v) is 6.59. The van der Waals surface area contributed by atoms with E-state index in [1.807, 2.05) is 0 Å². The third-order valence-electron chi connectivity index (χ3n) is 2.06. The minimum atomic E-state index is -1.40. The van der Waals surface area contributed by atoms with Gasteiger partial charge in [0.2, 0.25) is 0 Å². The van der Waals surface area contributed by atoms with Crippen LogP contribution in [-0.2, 0) is 4.79 Å². The predicted molar refractivity (Wildman–Crippen MR) is 71.2 cm³/mol. The summed E-state index contributed by atoms with van der Waals surface area (Å²) in [5.41, 5.74) is 0. The topological polar surface area (TPSA) is 49.4 Å². The fourth-order valence-electron chi connectivity index (χ4n) is 1.13. The van der Waals surface area contributed by atoms with Gasteiger partial charge in [0.15, 0.2) is 5.75 Å². The normalized spacial score (nSPS) is 12.3. The van der Waals surface area contributed by atoms with Crippen molar-refractivity contribution in [1.29, 1.82) is 0 Å². The van der Waals surface area contributed by atoms with Gasteiger partial charge in [0.25, 0.3) is 0 Å². The number of carboxylic acids is 1. The van der Waals surface area contributed by atoms with Crippen molar-refractivity contribution in [2.45, 2.75) is 19.4 Å². The molecule has 0 aliphatic heterocycles. The molecule has 3 nitrogen and oxygen atoms in total. The lowest BCUT2D eigenvalue weighted by Gasteiger charge is -2.21. The number of hydrogen-bond donors (Lipinski definition) is 0. The number of ether oxygens (including phenoxy) is 1. The van der Waals surface area contributed by atoms with Crippen LogP contribution in [-0.4, -0.2) is 12.1 Å². The van der Waals surface area contributed by atoms with Crippen molar-refractivity contribution >= 4 is 64.0 Å². The smallest absolute Gasteiger partial charge is 0.160 e. The molecule has 0 heterocycles. The molecule has 0 amide bonds. The van der Waals surface area contributed by atoms with Gasteiger partial charge in [0.05, 0.1) is 21.0 Å². The second-order valence-corrected chi connectivity index (χ2v) is 5.12. The Hall–Kier alpha value is -0.0600. The molecular formula is C10H6Cl5O3-. The fourth-order valence-corrected chi connectivity index (χ4v) is 2.34. The Kier molecular flexibility index (Phi) is 5.68. The highest BCUT2D eigenvalue weighted by Gasteiger charge is 2.23. The maximum atomic E-state index is 10.8. The van der Waals surface area contributed by atoms with Crippen molar-refractivity contribution in [3.63, 3.8) is 0 Å². The molecule has 0 saturated carbocycles. The minimum Gasteiger partial charge on any atom is -0.546 e. The Morgan fingerprint density at radius 3 is 1.78 bits per heavy atom. The molecule has 1 aromatic rings. The van der Waals surface area contributed by atoms with E-state index in [1.165, 1.54) is 0 Å². The number of carboxylic acid groups (broad SMARTS) is 1. The van der Waals surface area contributed by atoms with E-state index >= 15 is 0 Å². The van der Waals surface area contributed by atoms with Gasteiger partial charge >= 0.3 is 0 Å². The summed E-state index contributed by atoms with van der Waals surface area (Å²) in [7, 11) is 0. The quantitative estimate of drug-likeness (QED) is 0.611. The van der Waals surface area contributed by atoms with Crippen LogP contribution in [0.15, 0.2) is 0 Å². The molecule has 100 valence electrons. The molecule has 1 rings (SSSR count). The Morgan fingerprint density at radius 1 is 1.06 bits per heavy atom. The number of benzene rings is 1. The van der Waals surface area contributed by atoms with E-state index in [4.69, 9.17) is 62.7 Å². The first-order chi connectivity index (χ1) is 8.31. The summed E-state index contributed by atoms with van der Waals surface area (Å²) in [5.74, 6) is -1.53. The lowest BCUT2D eigenvalue weighted by molar-refractivity contribution is -0.313. The summed E-state index contributed by atoms with van der Waals surface area (Å²) >= 11 is 29.2. The molecule has 0 N–H and O–H groups in total. The molecule has 18 heavy (non-hydrogen) atoms. The van der Waals surface area contributed by atoms with Gasteiger partial charge in [0, 0.05) is 0 Å². The third-order valence-corrected chi connectivity index (χ3v) is 4.31. The van der Waals surface area contributed by atoms with Crippen molar-refractivity contribution in [1.82, 2.24) is 0 Å². The minimum absolute atomic E-state index is 0.0258. The second-order valence-electron chi connectivity index (χ2n) is 3.23. The third kappa shape index (κ3) is 3.09. The average Bonchev–Trinajstić information content (AvgIpc) is 2.34. The molecule has 0 aromatic heterocycles. The Balaban J connectivity index is 3.29. The zero-order valence-electron chi connectivity index (χ0n) is 8.90. The molecular weight excluding hydrogens is 345 g/mol. The van der Waals surface area contributed by atoms with Gasteiger partial charge in [-0.05, 0) is 6.42 Å². The molecule has 8 heteroatoms. The van der Waals surface area contributed by atoms with Gasteiger partial charge < -0.3 is 14.6 Å². The Morgan fingerprint density at radius 2 is 1.44 bits per heavy atom. The SMILES string of the molecule is CCC(Oc1c(Cl)c(Cl)c(Cl)c(Cl)c1Cl)C(=O)[O-]. The van der Waals surface area contributed by atoms with Crippen molar-refractivity contribution in [3.8, 4) is 5.75 Å². The summed E-state index contributed by atoms with van der Waals surface area (Å²) in [6.45, 7) is 1.60. The van der Waals surface area contributed by atoms with Crippen LogP contribution in [0.3, 0.4) is 0 Å².